The number of halogens is 2. The second-order valence-electron chi connectivity index (χ2n) is 8.40. The van der Waals surface area contributed by atoms with Gasteiger partial charge in [-0.05, 0) is 54.1 Å². The van der Waals surface area contributed by atoms with Gasteiger partial charge in [0.25, 0.3) is 5.91 Å². The summed E-state index contributed by atoms with van der Waals surface area (Å²) >= 11 is 9.33. The van der Waals surface area contributed by atoms with E-state index in [1.54, 1.807) is 49.6 Å². The van der Waals surface area contributed by atoms with Crippen LogP contribution in [0.5, 0.6) is 11.5 Å². The Hall–Kier alpha value is -4.40. The first-order valence-corrected chi connectivity index (χ1v) is 13.0. The lowest BCUT2D eigenvalue weighted by Gasteiger charge is -2.08. The third-order valence-electron chi connectivity index (χ3n) is 5.93. The molecule has 7 nitrogen and oxygen atoms in total. The highest BCUT2D eigenvalue weighted by Crippen LogP contribution is 2.36. The van der Waals surface area contributed by atoms with E-state index in [0.717, 1.165) is 21.0 Å². The Bertz CT molecular complexity index is 1700. The fourth-order valence-electron chi connectivity index (χ4n) is 4.11. The minimum atomic E-state index is -0.549. The average Bonchev–Trinajstić information content (AvgIpc) is 3.35. The molecule has 5 rings (SSSR count). The Morgan fingerprint density at radius 2 is 1.72 bits per heavy atom. The predicted octanol–water partition coefficient (Wildman–Crippen LogP) is 7.24. The molecule has 0 aliphatic carbocycles. The Kier molecular flexibility index (Phi) is 7.76. The number of ether oxygens (including phenoxy) is 2. The highest BCUT2D eigenvalue weighted by atomic mass is 79.9. The Labute approximate surface area is 237 Å². The minimum Gasteiger partial charge on any atom is -0.495 e. The summed E-state index contributed by atoms with van der Waals surface area (Å²) in [5.74, 6) is -0.102. The van der Waals surface area contributed by atoms with Gasteiger partial charge in [0.15, 0.2) is 0 Å². The molecule has 39 heavy (non-hydrogen) atoms. The first kappa shape index (κ1) is 26.2. The quantitative estimate of drug-likeness (QED) is 0.0889. The molecule has 1 amide bonds. The standard InChI is InChI=1S/C30H21BrClN3O4/c1-38-25-9-5-8-23-26(18-6-3-2-4-7-18)28(34-27(23)25)29(36)35-33-17-20-16-21(31)12-15-24(20)39-30(37)19-10-13-22(32)14-11-19/h2-17,34H,1H3,(H,35,36). The molecular weight excluding hydrogens is 582 g/mol. The van der Waals surface area contributed by atoms with E-state index in [0.29, 0.717) is 33.1 Å². The number of hydrogen-bond donors (Lipinski definition) is 2. The monoisotopic (exact) mass is 601 g/mol. The number of para-hydroxylation sites is 1. The maximum absolute atomic E-state index is 13.3. The van der Waals surface area contributed by atoms with Gasteiger partial charge >= 0.3 is 5.97 Å². The van der Waals surface area contributed by atoms with Gasteiger partial charge in [0.05, 0.1) is 24.4 Å². The Balaban J connectivity index is 1.42. The molecule has 0 aliphatic heterocycles. The van der Waals surface area contributed by atoms with E-state index in [1.807, 2.05) is 48.5 Å². The molecule has 0 aliphatic rings. The second kappa shape index (κ2) is 11.6. The van der Waals surface area contributed by atoms with Crippen LogP contribution in [0.3, 0.4) is 0 Å². The molecular formula is C30H21BrClN3O4. The van der Waals surface area contributed by atoms with Gasteiger partial charge in [-0.25, -0.2) is 10.2 Å². The molecule has 1 heterocycles. The number of carbonyl (C=O) groups excluding carboxylic acids is 2. The van der Waals surface area contributed by atoms with Crippen molar-refractivity contribution < 1.29 is 19.1 Å². The summed E-state index contributed by atoms with van der Waals surface area (Å²) < 4.78 is 11.8. The average molecular weight is 603 g/mol. The number of carbonyl (C=O) groups is 2. The van der Waals surface area contributed by atoms with E-state index in [-0.39, 0.29) is 5.75 Å². The molecule has 5 aromatic rings. The van der Waals surface area contributed by atoms with Crippen LogP contribution in [0.15, 0.2) is 101 Å². The van der Waals surface area contributed by atoms with Crippen LogP contribution >= 0.6 is 27.5 Å². The summed E-state index contributed by atoms with van der Waals surface area (Å²) in [7, 11) is 1.58. The van der Waals surface area contributed by atoms with E-state index in [1.165, 1.54) is 6.21 Å². The highest BCUT2D eigenvalue weighted by Gasteiger charge is 2.21. The van der Waals surface area contributed by atoms with E-state index in [9.17, 15) is 9.59 Å². The minimum absolute atomic E-state index is 0.275. The smallest absolute Gasteiger partial charge is 0.343 e. The van der Waals surface area contributed by atoms with E-state index < -0.39 is 11.9 Å². The number of hydrazone groups is 1. The second-order valence-corrected chi connectivity index (χ2v) is 9.75. The van der Waals surface area contributed by atoms with Crippen LogP contribution in [0, 0.1) is 0 Å². The normalized spacial score (nSPS) is 11.1. The molecule has 9 heteroatoms. The summed E-state index contributed by atoms with van der Waals surface area (Å²) in [5.41, 5.74) is 6.05. The molecule has 0 fully saturated rings. The summed E-state index contributed by atoms with van der Waals surface area (Å²) in [6, 6.07) is 26.7. The molecule has 0 spiro atoms. The number of fused-ring (bicyclic) bond motifs is 1. The summed E-state index contributed by atoms with van der Waals surface area (Å²) in [6.07, 6.45) is 1.42. The topological polar surface area (TPSA) is 92.8 Å². The first-order valence-electron chi connectivity index (χ1n) is 11.8. The third kappa shape index (κ3) is 5.72. The number of hydrogen-bond acceptors (Lipinski definition) is 5. The van der Waals surface area contributed by atoms with Gasteiger partial charge in [-0.1, -0.05) is 70.0 Å². The number of aromatic amines is 1. The molecule has 2 N–H and O–H groups in total. The number of rotatable bonds is 7. The van der Waals surface area contributed by atoms with Crippen LogP contribution in [0.4, 0.5) is 0 Å². The molecule has 0 bridgehead atoms. The van der Waals surface area contributed by atoms with Gasteiger partial charge in [0.1, 0.15) is 17.2 Å². The van der Waals surface area contributed by atoms with Gasteiger partial charge in [-0.2, -0.15) is 5.10 Å². The number of nitrogens with one attached hydrogen (secondary N) is 2. The van der Waals surface area contributed by atoms with Crippen molar-refractivity contribution in [2.75, 3.05) is 7.11 Å². The number of H-pyrrole nitrogens is 1. The molecule has 194 valence electrons. The van der Waals surface area contributed by atoms with Crippen molar-refractivity contribution >= 4 is 56.5 Å². The molecule has 0 saturated heterocycles. The fourth-order valence-corrected chi connectivity index (χ4v) is 4.61. The fraction of sp³-hybridized carbons (Fsp3) is 0.0333. The molecule has 0 radical (unpaired) electrons. The van der Waals surface area contributed by atoms with Crippen LogP contribution in [-0.2, 0) is 0 Å². The van der Waals surface area contributed by atoms with Crippen LogP contribution in [0.1, 0.15) is 26.4 Å². The number of esters is 1. The van der Waals surface area contributed by atoms with Gasteiger partial charge in [0, 0.05) is 26.0 Å². The molecule has 4 aromatic carbocycles. The zero-order valence-corrected chi connectivity index (χ0v) is 22.9. The lowest BCUT2D eigenvalue weighted by molar-refractivity contribution is 0.0734. The zero-order chi connectivity index (χ0) is 27.4. The predicted molar refractivity (Wildman–Crippen MR) is 156 cm³/mol. The van der Waals surface area contributed by atoms with Gasteiger partial charge < -0.3 is 14.5 Å². The summed E-state index contributed by atoms with van der Waals surface area (Å²) in [6.45, 7) is 0. The van der Waals surface area contributed by atoms with Crippen molar-refractivity contribution in [2.45, 2.75) is 0 Å². The molecule has 0 unspecified atom stereocenters. The van der Waals surface area contributed by atoms with E-state index >= 15 is 0 Å². The lowest BCUT2D eigenvalue weighted by Crippen LogP contribution is -2.19. The first-order chi connectivity index (χ1) is 18.9. The maximum Gasteiger partial charge on any atom is 0.343 e. The van der Waals surface area contributed by atoms with Crippen LogP contribution < -0.4 is 14.9 Å². The van der Waals surface area contributed by atoms with Gasteiger partial charge in [-0.3, -0.25) is 4.79 Å². The third-order valence-corrected chi connectivity index (χ3v) is 6.67. The van der Waals surface area contributed by atoms with Crippen molar-refractivity contribution in [3.8, 4) is 22.6 Å². The molecule has 0 saturated carbocycles. The number of benzene rings is 4. The Morgan fingerprint density at radius 3 is 2.46 bits per heavy atom. The molecule has 1 aromatic heterocycles. The van der Waals surface area contributed by atoms with Crippen molar-refractivity contribution in [1.29, 1.82) is 0 Å². The van der Waals surface area contributed by atoms with Crippen molar-refractivity contribution in [3.63, 3.8) is 0 Å². The van der Waals surface area contributed by atoms with Crippen molar-refractivity contribution in [1.82, 2.24) is 10.4 Å². The SMILES string of the molecule is COc1cccc2c(-c3ccccc3)c(C(=O)NN=Cc3cc(Br)ccc3OC(=O)c3ccc(Cl)cc3)[nH]c12. The van der Waals surface area contributed by atoms with Crippen LogP contribution in [0.2, 0.25) is 5.02 Å². The van der Waals surface area contributed by atoms with E-state index in [2.05, 4.69) is 31.4 Å². The number of amides is 1. The largest absolute Gasteiger partial charge is 0.495 e. The summed E-state index contributed by atoms with van der Waals surface area (Å²) in [5, 5.41) is 5.52. The van der Waals surface area contributed by atoms with Crippen LogP contribution in [-0.4, -0.2) is 30.2 Å². The number of nitrogens with zero attached hydrogens (tertiary/aromatic N) is 1. The zero-order valence-electron chi connectivity index (χ0n) is 20.6. The van der Waals surface area contributed by atoms with Crippen molar-refractivity contribution in [3.05, 3.63) is 117 Å². The maximum atomic E-state index is 13.3. The van der Waals surface area contributed by atoms with Crippen LogP contribution in [0.25, 0.3) is 22.0 Å². The lowest BCUT2D eigenvalue weighted by atomic mass is 10.0. The van der Waals surface area contributed by atoms with E-state index in [4.69, 9.17) is 21.1 Å². The van der Waals surface area contributed by atoms with Crippen molar-refractivity contribution in [2.24, 2.45) is 5.10 Å². The molecule has 0 atom stereocenters. The number of aromatic nitrogens is 1. The number of methoxy groups -OCH3 is 1. The van der Waals surface area contributed by atoms with Gasteiger partial charge in [0.2, 0.25) is 0 Å². The highest BCUT2D eigenvalue weighted by molar-refractivity contribution is 9.10. The summed E-state index contributed by atoms with van der Waals surface area (Å²) in [4.78, 5) is 29.2. The van der Waals surface area contributed by atoms with Gasteiger partial charge in [-0.15, -0.1) is 0 Å². The Morgan fingerprint density at radius 1 is 0.949 bits per heavy atom.